The number of hydrogen-bond donors (Lipinski definition) is 1. The molecule has 0 aliphatic carbocycles. The third-order valence-electron chi connectivity index (χ3n) is 1.49. The molecule has 0 unspecified atom stereocenters. The summed E-state index contributed by atoms with van der Waals surface area (Å²) < 4.78 is 16.9. The Hall–Kier alpha value is -1.16. The van der Waals surface area contributed by atoms with Crippen LogP contribution in [0.3, 0.4) is 0 Å². The summed E-state index contributed by atoms with van der Waals surface area (Å²) in [7, 11) is 0. The molecule has 0 fully saturated rings. The zero-order valence-corrected chi connectivity index (χ0v) is 7.81. The van der Waals surface area contributed by atoms with Crippen molar-refractivity contribution in [2.75, 3.05) is 13.3 Å². The van der Waals surface area contributed by atoms with Crippen molar-refractivity contribution in [1.29, 1.82) is 0 Å². The van der Waals surface area contributed by atoms with Gasteiger partial charge >= 0.3 is 0 Å². The molecule has 2 N–H and O–H groups in total. The second kappa shape index (κ2) is 4.77. The molecule has 4 heteroatoms. The number of thiocarbonyl (C=S) groups is 1. The fourth-order valence-electron chi connectivity index (χ4n) is 0.945. The fourth-order valence-corrected chi connectivity index (χ4v) is 1.11. The summed E-state index contributed by atoms with van der Waals surface area (Å²) in [6.45, 7) is -0.495. The summed E-state index contributed by atoms with van der Waals surface area (Å²) in [6, 6.07) is 7.05. The Balaban J connectivity index is 2.84. The molecule has 0 spiro atoms. The second-order valence-corrected chi connectivity index (χ2v) is 2.84. The highest BCUT2D eigenvalue weighted by Crippen LogP contribution is 2.17. The molecule has 0 saturated carbocycles. The van der Waals surface area contributed by atoms with Gasteiger partial charge in [-0.1, -0.05) is 24.4 Å². The summed E-state index contributed by atoms with van der Waals surface area (Å²) in [4.78, 5) is 0.259. The van der Waals surface area contributed by atoms with Crippen LogP contribution in [0.2, 0.25) is 0 Å². The Bertz CT molecular complexity index is 303. The number of halogens is 1. The van der Waals surface area contributed by atoms with Crippen LogP contribution in [0.5, 0.6) is 5.75 Å². The number of rotatable bonds is 4. The van der Waals surface area contributed by atoms with E-state index in [0.29, 0.717) is 11.3 Å². The number of nitrogens with two attached hydrogens (primary N) is 1. The molecule has 1 aromatic rings. The minimum absolute atomic E-state index is 0.0274. The predicted octanol–water partition coefficient (Wildman–Crippen LogP) is 1.67. The van der Waals surface area contributed by atoms with E-state index in [1.165, 1.54) is 0 Å². The zero-order chi connectivity index (χ0) is 9.68. The van der Waals surface area contributed by atoms with Gasteiger partial charge in [0.1, 0.15) is 24.0 Å². The molecule has 0 aliphatic heterocycles. The molecule has 0 bridgehead atoms. The van der Waals surface area contributed by atoms with Gasteiger partial charge < -0.3 is 10.5 Å². The van der Waals surface area contributed by atoms with Crippen LogP contribution in [0.1, 0.15) is 5.56 Å². The van der Waals surface area contributed by atoms with Gasteiger partial charge in [0, 0.05) is 0 Å². The number of para-hydroxylation sites is 1. The molecule has 1 rings (SSSR count). The van der Waals surface area contributed by atoms with E-state index < -0.39 is 6.67 Å². The van der Waals surface area contributed by atoms with Crippen molar-refractivity contribution in [2.45, 2.75) is 0 Å². The first kappa shape index (κ1) is 9.92. The Morgan fingerprint density at radius 3 is 2.77 bits per heavy atom. The smallest absolute Gasteiger partial charge is 0.129 e. The largest absolute Gasteiger partial charge is 0.490 e. The van der Waals surface area contributed by atoms with Crippen LogP contribution in [0.15, 0.2) is 24.3 Å². The molecule has 0 saturated heterocycles. The first-order chi connectivity index (χ1) is 6.25. The van der Waals surface area contributed by atoms with Crippen molar-refractivity contribution in [1.82, 2.24) is 0 Å². The first-order valence-electron chi connectivity index (χ1n) is 3.83. The fraction of sp³-hybridized carbons (Fsp3) is 0.222. The highest BCUT2D eigenvalue weighted by molar-refractivity contribution is 7.80. The molecule has 1 aromatic carbocycles. The molecule has 13 heavy (non-hydrogen) atoms. The van der Waals surface area contributed by atoms with Crippen LogP contribution in [-0.2, 0) is 0 Å². The number of benzene rings is 1. The quantitative estimate of drug-likeness (QED) is 0.749. The maximum absolute atomic E-state index is 11.8. The standard InChI is InChI=1S/C9H10FNOS/c10-5-6-12-8-4-2-1-3-7(8)9(11)13/h1-4H,5-6H2,(H2,11,13). The minimum atomic E-state index is -0.522. The maximum atomic E-state index is 11.8. The highest BCUT2D eigenvalue weighted by Gasteiger charge is 2.04. The van der Waals surface area contributed by atoms with Gasteiger partial charge in [0.25, 0.3) is 0 Å². The molecule has 0 aliphatic rings. The van der Waals surface area contributed by atoms with E-state index in [1.807, 2.05) is 0 Å². The molecule has 2 nitrogen and oxygen atoms in total. The zero-order valence-electron chi connectivity index (χ0n) is 7.00. The van der Waals surface area contributed by atoms with E-state index in [-0.39, 0.29) is 11.6 Å². The van der Waals surface area contributed by atoms with E-state index in [9.17, 15) is 4.39 Å². The Labute approximate surface area is 81.5 Å². The van der Waals surface area contributed by atoms with Crippen LogP contribution in [0.4, 0.5) is 4.39 Å². The van der Waals surface area contributed by atoms with Crippen LogP contribution in [-0.4, -0.2) is 18.3 Å². The number of hydrogen-bond acceptors (Lipinski definition) is 2. The van der Waals surface area contributed by atoms with Crippen molar-refractivity contribution < 1.29 is 9.13 Å². The Morgan fingerprint density at radius 2 is 2.15 bits per heavy atom. The molecular formula is C9H10FNOS. The van der Waals surface area contributed by atoms with Crippen LogP contribution in [0.25, 0.3) is 0 Å². The summed E-state index contributed by atoms with van der Waals surface area (Å²) >= 11 is 4.80. The maximum Gasteiger partial charge on any atom is 0.129 e. The van der Waals surface area contributed by atoms with Gasteiger partial charge in [0.15, 0.2) is 0 Å². The molecule has 0 radical (unpaired) electrons. The van der Waals surface area contributed by atoms with Crippen molar-refractivity contribution in [2.24, 2.45) is 5.73 Å². The second-order valence-electron chi connectivity index (χ2n) is 2.40. The third kappa shape index (κ3) is 2.66. The van der Waals surface area contributed by atoms with Gasteiger partial charge in [0.05, 0.1) is 5.56 Å². The van der Waals surface area contributed by atoms with Gasteiger partial charge in [0.2, 0.25) is 0 Å². The van der Waals surface area contributed by atoms with Crippen LogP contribution in [0, 0.1) is 0 Å². The van der Waals surface area contributed by atoms with E-state index in [1.54, 1.807) is 24.3 Å². The lowest BCUT2D eigenvalue weighted by atomic mass is 10.2. The Kier molecular flexibility index (Phi) is 3.64. The van der Waals surface area contributed by atoms with Gasteiger partial charge in [-0.05, 0) is 12.1 Å². The average Bonchev–Trinajstić information content (AvgIpc) is 2.15. The number of alkyl halides is 1. The molecular weight excluding hydrogens is 189 g/mol. The van der Waals surface area contributed by atoms with Gasteiger partial charge in [-0.2, -0.15) is 0 Å². The van der Waals surface area contributed by atoms with E-state index in [4.69, 9.17) is 22.7 Å². The monoisotopic (exact) mass is 199 g/mol. The van der Waals surface area contributed by atoms with Crippen LogP contribution >= 0.6 is 12.2 Å². The molecule has 0 amide bonds. The van der Waals surface area contributed by atoms with Gasteiger partial charge in [-0.25, -0.2) is 4.39 Å². The molecule has 0 atom stereocenters. The van der Waals surface area contributed by atoms with E-state index in [0.717, 1.165) is 0 Å². The van der Waals surface area contributed by atoms with Gasteiger partial charge in [-0.15, -0.1) is 0 Å². The van der Waals surface area contributed by atoms with Crippen LogP contribution < -0.4 is 10.5 Å². The summed E-state index contributed by atoms with van der Waals surface area (Å²) in [5.74, 6) is 0.535. The highest BCUT2D eigenvalue weighted by atomic mass is 32.1. The topological polar surface area (TPSA) is 35.2 Å². The molecule has 70 valence electrons. The number of ether oxygens (including phenoxy) is 1. The van der Waals surface area contributed by atoms with E-state index >= 15 is 0 Å². The van der Waals surface area contributed by atoms with Crippen molar-refractivity contribution in [3.05, 3.63) is 29.8 Å². The predicted molar refractivity (Wildman–Crippen MR) is 53.8 cm³/mol. The average molecular weight is 199 g/mol. The lowest BCUT2D eigenvalue weighted by Crippen LogP contribution is -2.12. The summed E-state index contributed by atoms with van der Waals surface area (Å²) in [6.07, 6.45) is 0. The summed E-state index contributed by atoms with van der Waals surface area (Å²) in [5, 5.41) is 0. The molecule has 0 heterocycles. The van der Waals surface area contributed by atoms with Crippen molar-refractivity contribution in [3.8, 4) is 5.75 Å². The lowest BCUT2D eigenvalue weighted by molar-refractivity contribution is 0.273. The Morgan fingerprint density at radius 1 is 1.46 bits per heavy atom. The third-order valence-corrected chi connectivity index (χ3v) is 1.71. The normalized spacial score (nSPS) is 9.62. The van der Waals surface area contributed by atoms with E-state index in [2.05, 4.69) is 0 Å². The molecule has 0 aromatic heterocycles. The van der Waals surface area contributed by atoms with Gasteiger partial charge in [-0.3, -0.25) is 0 Å². The minimum Gasteiger partial charge on any atom is -0.490 e. The van der Waals surface area contributed by atoms with Crippen molar-refractivity contribution >= 4 is 17.2 Å². The SMILES string of the molecule is NC(=S)c1ccccc1OCCF. The van der Waals surface area contributed by atoms with Crippen molar-refractivity contribution in [3.63, 3.8) is 0 Å². The lowest BCUT2D eigenvalue weighted by Gasteiger charge is -2.08. The first-order valence-corrected chi connectivity index (χ1v) is 4.24. The summed E-state index contributed by atoms with van der Waals surface area (Å²) in [5.41, 5.74) is 6.09.